The van der Waals surface area contributed by atoms with Crippen LogP contribution in [0.2, 0.25) is 0 Å². The van der Waals surface area contributed by atoms with E-state index in [1.165, 1.54) is 6.07 Å². The van der Waals surface area contributed by atoms with Gasteiger partial charge in [-0.15, -0.1) is 0 Å². The molecule has 166 valence electrons. The number of rotatable bonds is 8. The first-order chi connectivity index (χ1) is 15.3. The van der Waals surface area contributed by atoms with Crippen LogP contribution in [-0.4, -0.2) is 23.4 Å². The third kappa shape index (κ3) is 4.43. The number of hydrogen-bond donors (Lipinski definition) is 0. The van der Waals surface area contributed by atoms with Gasteiger partial charge >= 0.3 is 0 Å². The zero-order valence-corrected chi connectivity index (χ0v) is 18.8. The van der Waals surface area contributed by atoms with Gasteiger partial charge in [-0.25, -0.2) is 9.37 Å². The van der Waals surface area contributed by atoms with Crippen LogP contribution in [0.1, 0.15) is 54.2 Å². The van der Waals surface area contributed by atoms with E-state index in [2.05, 4.69) is 16.8 Å². The molecule has 5 heteroatoms. The Kier molecular flexibility index (Phi) is 6.09. The fourth-order valence-corrected chi connectivity index (χ4v) is 4.35. The first-order valence-corrected chi connectivity index (χ1v) is 11.1. The molecule has 0 spiro atoms. The Labute approximate surface area is 188 Å². The Morgan fingerprint density at radius 1 is 1.03 bits per heavy atom. The van der Waals surface area contributed by atoms with Crippen molar-refractivity contribution in [2.75, 3.05) is 11.9 Å². The lowest BCUT2D eigenvalue weighted by Crippen LogP contribution is -2.33. The maximum atomic E-state index is 14.9. The highest BCUT2D eigenvalue weighted by Crippen LogP contribution is 2.46. The molecule has 3 aromatic rings. The molecule has 1 aliphatic rings. The minimum Gasteiger partial charge on any atom is -0.367 e. The highest BCUT2D eigenvalue weighted by molar-refractivity contribution is 5.96. The van der Waals surface area contributed by atoms with Crippen LogP contribution in [0.5, 0.6) is 0 Å². The van der Waals surface area contributed by atoms with Crippen LogP contribution in [0.3, 0.4) is 0 Å². The van der Waals surface area contributed by atoms with Gasteiger partial charge in [-0.3, -0.25) is 4.79 Å². The van der Waals surface area contributed by atoms with Crippen molar-refractivity contribution < 1.29 is 13.6 Å². The summed E-state index contributed by atoms with van der Waals surface area (Å²) < 4.78 is 28.0. The van der Waals surface area contributed by atoms with Gasteiger partial charge in [0.1, 0.15) is 5.82 Å². The molecule has 1 saturated carbocycles. The van der Waals surface area contributed by atoms with Crippen LogP contribution in [0, 0.1) is 18.7 Å². The molecule has 3 nitrogen and oxygen atoms in total. The highest BCUT2D eigenvalue weighted by atomic mass is 19.1. The maximum absolute atomic E-state index is 14.9. The minimum atomic E-state index is -0.512. The van der Waals surface area contributed by atoms with E-state index in [4.69, 9.17) is 0 Å². The molecule has 2 aromatic carbocycles. The number of aryl methyl sites for hydroxylation is 2. The topological polar surface area (TPSA) is 33.2 Å². The molecule has 1 heterocycles. The SMILES string of the molecule is CCC1(N(C)c2ccc(-c3ccc(C(=O)CCc4ccc(F)nc4C)cc3)cc2F)CC1. The minimum absolute atomic E-state index is 0.0118. The summed E-state index contributed by atoms with van der Waals surface area (Å²) in [6.45, 7) is 3.89. The van der Waals surface area contributed by atoms with Crippen molar-refractivity contribution in [2.45, 2.75) is 51.5 Å². The second kappa shape index (κ2) is 8.81. The van der Waals surface area contributed by atoms with E-state index in [0.29, 0.717) is 29.8 Å². The third-order valence-corrected chi connectivity index (χ3v) is 6.83. The van der Waals surface area contributed by atoms with Gasteiger partial charge in [0.2, 0.25) is 5.95 Å². The average molecular weight is 435 g/mol. The quantitative estimate of drug-likeness (QED) is 0.299. The van der Waals surface area contributed by atoms with E-state index >= 15 is 0 Å². The monoisotopic (exact) mass is 434 g/mol. The molecule has 0 unspecified atom stereocenters. The largest absolute Gasteiger partial charge is 0.367 e. The predicted molar refractivity (Wildman–Crippen MR) is 124 cm³/mol. The molecule has 1 fully saturated rings. The number of aromatic nitrogens is 1. The zero-order chi connectivity index (χ0) is 22.9. The number of nitrogens with zero attached hydrogens (tertiary/aromatic N) is 2. The van der Waals surface area contributed by atoms with Crippen LogP contribution >= 0.6 is 0 Å². The lowest BCUT2D eigenvalue weighted by Gasteiger charge is -2.29. The normalized spacial score (nSPS) is 14.3. The number of anilines is 1. The van der Waals surface area contributed by atoms with Crippen LogP contribution in [0.4, 0.5) is 14.5 Å². The van der Waals surface area contributed by atoms with Crippen LogP contribution in [0.15, 0.2) is 54.6 Å². The Hall–Kier alpha value is -3.08. The van der Waals surface area contributed by atoms with Gasteiger partial charge < -0.3 is 4.90 Å². The lowest BCUT2D eigenvalue weighted by molar-refractivity contribution is 0.0983. The van der Waals surface area contributed by atoms with Crippen LogP contribution in [-0.2, 0) is 6.42 Å². The number of carbonyl (C=O) groups excluding carboxylic acids is 1. The Morgan fingerprint density at radius 3 is 2.31 bits per heavy atom. The van der Waals surface area contributed by atoms with Gasteiger partial charge in [0.15, 0.2) is 5.78 Å². The van der Waals surface area contributed by atoms with Gasteiger partial charge in [0.05, 0.1) is 5.69 Å². The molecule has 0 radical (unpaired) electrons. The third-order valence-electron chi connectivity index (χ3n) is 6.83. The summed E-state index contributed by atoms with van der Waals surface area (Å²) in [4.78, 5) is 18.5. The van der Waals surface area contributed by atoms with Crippen molar-refractivity contribution >= 4 is 11.5 Å². The van der Waals surface area contributed by atoms with Crippen molar-refractivity contribution in [1.29, 1.82) is 0 Å². The molecule has 0 saturated heterocycles. The molecule has 0 aliphatic heterocycles. The number of benzene rings is 2. The van der Waals surface area contributed by atoms with Crippen molar-refractivity contribution in [3.05, 3.63) is 83.2 Å². The fourth-order valence-electron chi connectivity index (χ4n) is 4.35. The van der Waals surface area contributed by atoms with Crippen LogP contribution < -0.4 is 4.90 Å². The maximum Gasteiger partial charge on any atom is 0.213 e. The van der Waals surface area contributed by atoms with Gasteiger partial charge in [-0.1, -0.05) is 43.3 Å². The zero-order valence-electron chi connectivity index (χ0n) is 18.8. The van der Waals surface area contributed by atoms with Crippen LogP contribution in [0.25, 0.3) is 11.1 Å². The molecular formula is C27H28F2N2O. The molecule has 1 aliphatic carbocycles. The number of ketones is 1. The summed E-state index contributed by atoms with van der Waals surface area (Å²) >= 11 is 0. The van der Waals surface area contributed by atoms with E-state index in [0.717, 1.165) is 36.0 Å². The molecule has 0 atom stereocenters. The highest BCUT2D eigenvalue weighted by Gasteiger charge is 2.45. The van der Waals surface area contributed by atoms with Crippen molar-refractivity contribution in [3.8, 4) is 11.1 Å². The number of hydrogen-bond acceptors (Lipinski definition) is 3. The van der Waals surface area contributed by atoms with E-state index < -0.39 is 5.95 Å². The predicted octanol–water partition coefficient (Wildman–Crippen LogP) is 6.53. The summed E-state index contributed by atoms with van der Waals surface area (Å²) in [6, 6.07) is 15.6. The molecule has 0 bridgehead atoms. The number of carbonyl (C=O) groups is 1. The number of halogens is 2. The van der Waals surface area contributed by atoms with Crippen molar-refractivity contribution in [1.82, 2.24) is 4.98 Å². The summed E-state index contributed by atoms with van der Waals surface area (Å²) in [5, 5.41) is 0. The first-order valence-electron chi connectivity index (χ1n) is 11.1. The van der Waals surface area contributed by atoms with Gasteiger partial charge in [0, 0.05) is 30.3 Å². The van der Waals surface area contributed by atoms with E-state index in [-0.39, 0.29) is 17.1 Å². The summed E-state index contributed by atoms with van der Waals surface area (Å²) in [5.41, 5.74) is 4.47. The number of Topliss-reactive ketones (excluding diaryl/α,β-unsaturated/α-hetero) is 1. The first kappa shape index (κ1) is 22.1. The fraction of sp³-hybridized carbons (Fsp3) is 0.333. The Bertz CT molecular complexity index is 1140. The van der Waals surface area contributed by atoms with Gasteiger partial charge in [-0.05, 0) is 67.5 Å². The van der Waals surface area contributed by atoms with Gasteiger partial charge in [0.25, 0.3) is 0 Å². The molecular weight excluding hydrogens is 406 g/mol. The number of pyridine rings is 1. The summed E-state index contributed by atoms with van der Waals surface area (Å²) in [6.07, 6.45) is 4.06. The average Bonchev–Trinajstić information content (AvgIpc) is 3.59. The van der Waals surface area contributed by atoms with E-state index in [9.17, 15) is 13.6 Å². The molecule has 0 N–H and O–H groups in total. The summed E-state index contributed by atoms with van der Waals surface area (Å²) in [5.74, 6) is -0.729. The van der Waals surface area contributed by atoms with Crippen molar-refractivity contribution in [2.24, 2.45) is 0 Å². The Balaban J connectivity index is 1.44. The van der Waals surface area contributed by atoms with Crippen molar-refractivity contribution in [3.63, 3.8) is 0 Å². The molecule has 32 heavy (non-hydrogen) atoms. The smallest absolute Gasteiger partial charge is 0.213 e. The molecule has 0 amide bonds. The van der Waals surface area contributed by atoms with E-state index in [1.807, 2.05) is 31.3 Å². The lowest BCUT2D eigenvalue weighted by atomic mass is 9.98. The Morgan fingerprint density at radius 2 is 1.72 bits per heavy atom. The van der Waals surface area contributed by atoms with E-state index in [1.54, 1.807) is 31.2 Å². The standard InChI is InChI=1S/C27H28F2N2O/c1-4-27(15-16-27)31(3)24-12-9-22(17-23(24)28)20-5-7-21(8-6-20)25(32)13-10-19-11-14-26(29)30-18(19)2/h5-9,11-12,14,17H,4,10,13,15-16H2,1-3H3. The summed E-state index contributed by atoms with van der Waals surface area (Å²) in [7, 11) is 1.97. The second-order valence-corrected chi connectivity index (χ2v) is 8.68. The molecule has 4 rings (SSSR count). The molecule has 1 aromatic heterocycles. The van der Waals surface area contributed by atoms with Gasteiger partial charge in [-0.2, -0.15) is 4.39 Å². The second-order valence-electron chi connectivity index (χ2n) is 8.68.